The number of nitrogens with one attached hydrogen (secondary N) is 1. The fourth-order valence-corrected chi connectivity index (χ4v) is 3.88. The number of carbonyl (C=O) groups is 1. The Balaban J connectivity index is 1.32. The summed E-state index contributed by atoms with van der Waals surface area (Å²) in [7, 11) is 0. The van der Waals surface area contributed by atoms with Crippen LogP contribution in [0.1, 0.15) is 25.3 Å². The van der Waals surface area contributed by atoms with Crippen LogP contribution in [0.3, 0.4) is 0 Å². The van der Waals surface area contributed by atoms with Crippen LogP contribution in [0.25, 0.3) is 16.6 Å². The fourth-order valence-electron chi connectivity index (χ4n) is 3.88. The molecule has 0 saturated carbocycles. The highest BCUT2D eigenvalue weighted by Gasteiger charge is 2.10. The fraction of sp³-hybridized carbons (Fsp3) is 0.280. The van der Waals surface area contributed by atoms with Crippen LogP contribution in [-0.4, -0.2) is 28.0 Å². The number of aromatic nitrogens is 2. The van der Waals surface area contributed by atoms with E-state index in [-0.39, 0.29) is 11.5 Å². The average Bonchev–Trinajstić information content (AvgIpc) is 3.28. The standard InChI is InChI=1S/C25H27N3O3/c1-2-31-20-13-11-19(12-14-20)15-16-26-24(29)10-6-18-28-22-8-4-3-7-21(22)27-17-5-9-23(27)25(28)30/h3-5,7-9,11-14,17H,2,6,10,15-16,18H2,1H3,(H,26,29). The topological polar surface area (TPSA) is 64.7 Å². The Labute approximate surface area is 181 Å². The molecule has 160 valence electrons. The summed E-state index contributed by atoms with van der Waals surface area (Å²) in [4.78, 5) is 25.2. The van der Waals surface area contributed by atoms with Crippen molar-refractivity contribution in [2.45, 2.75) is 32.7 Å². The molecule has 6 nitrogen and oxygen atoms in total. The van der Waals surface area contributed by atoms with Gasteiger partial charge in [-0.25, -0.2) is 0 Å². The van der Waals surface area contributed by atoms with E-state index in [2.05, 4.69) is 5.32 Å². The predicted molar refractivity (Wildman–Crippen MR) is 123 cm³/mol. The first-order chi connectivity index (χ1) is 15.2. The van der Waals surface area contributed by atoms with E-state index in [0.29, 0.717) is 38.1 Å². The van der Waals surface area contributed by atoms with Gasteiger partial charge in [0.25, 0.3) is 5.56 Å². The van der Waals surface area contributed by atoms with Crippen molar-refractivity contribution in [2.75, 3.05) is 13.2 Å². The number of para-hydroxylation sites is 2. The molecule has 6 heteroatoms. The van der Waals surface area contributed by atoms with Crippen molar-refractivity contribution in [1.82, 2.24) is 14.3 Å². The number of amides is 1. The summed E-state index contributed by atoms with van der Waals surface area (Å²) in [6.07, 6.45) is 3.67. The lowest BCUT2D eigenvalue weighted by molar-refractivity contribution is -0.121. The second-order valence-corrected chi connectivity index (χ2v) is 7.49. The van der Waals surface area contributed by atoms with E-state index in [1.165, 1.54) is 0 Å². The summed E-state index contributed by atoms with van der Waals surface area (Å²) >= 11 is 0. The molecule has 0 aliphatic rings. The minimum absolute atomic E-state index is 0.00653. The Bertz CT molecular complexity index is 1240. The van der Waals surface area contributed by atoms with Gasteiger partial charge in [0.2, 0.25) is 5.91 Å². The molecule has 0 bridgehead atoms. The molecule has 4 aromatic rings. The lowest BCUT2D eigenvalue weighted by Crippen LogP contribution is -2.27. The summed E-state index contributed by atoms with van der Waals surface area (Å²) in [5, 5.41) is 2.97. The summed E-state index contributed by atoms with van der Waals surface area (Å²) in [6, 6.07) is 19.5. The van der Waals surface area contributed by atoms with Gasteiger partial charge in [0, 0.05) is 25.7 Å². The monoisotopic (exact) mass is 417 g/mol. The van der Waals surface area contributed by atoms with Gasteiger partial charge in [-0.1, -0.05) is 24.3 Å². The zero-order chi connectivity index (χ0) is 21.6. The lowest BCUT2D eigenvalue weighted by atomic mass is 10.1. The number of hydrogen-bond acceptors (Lipinski definition) is 3. The van der Waals surface area contributed by atoms with Gasteiger partial charge in [-0.3, -0.25) is 9.59 Å². The Morgan fingerprint density at radius 1 is 0.968 bits per heavy atom. The maximum absolute atomic E-state index is 12.9. The first kappa shape index (κ1) is 20.7. The van der Waals surface area contributed by atoms with Crippen molar-refractivity contribution in [3.05, 3.63) is 82.8 Å². The molecule has 1 amide bonds. The number of aryl methyl sites for hydroxylation is 1. The van der Waals surface area contributed by atoms with Gasteiger partial charge in [0.1, 0.15) is 11.3 Å². The van der Waals surface area contributed by atoms with Crippen molar-refractivity contribution in [3.63, 3.8) is 0 Å². The number of carbonyl (C=O) groups excluding carboxylic acids is 1. The minimum atomic E-state index is -0.0281. The Hall–Kier alpha value is -3.54. The number of rotatable bonds is 9. The first-order valence-electron chi connectivity index (χ1n) is 10.7. The van der Waals surface area contributed by atoms with Crippen LogP contribution in [0, 0.1) is 0 Å². The Morgan fingerprint density at radius 3 is 2.48 bits per heavy atom. The van der Waals surface area contributed by atoms with Crippen LogP contribution in [-0.2, 0) is 17.8 Å². The molecule has 1 N–H and O–H groups in total. The number of fused-ring (bicyclic) bond motifs is 3. The van der Waals surface area contributed by atoms with Crippen LogP contribution in [0.5, 0.6) is 5.75 Å². The van der Waals surface area contributed by atoms with Crippen molar-refractivity contribution in [1.29, 1.82) is 0 Å². The van der Waals surface area contributed by atoms with Crippen molar-refractivity contribution >= 4 is 22.5 Å². The van der Waals surface area contributed by atoms with Crippen LogP contribution >= 0.6 is 0 Å². The van der Waals surface area contributed by atoms with Crippen molar-refractivity contribution < 1.29 is 9.53 Å². The third-order valence-electron chi connectivity index (χ3n) is 5.40. The average molecular weight is 418 g/mol. The number of ether oxygens (including phenoxy) is 1. The second-order valence-electron chi connectivity index (χ2n) is 7.49. The lowest BCUT2D eigenvalue weighted by Gasteiger charge is -2.12. The Morgan fingerprint density at radius 2 is 1.71 bits per heavy atom. The summed E-state index contributed by atoms with van der Waals surface area (Å²) in [6.45, 7) is 3.71. The maximum Gasteiger partial charge on any atom is 0.275 e. The van der Waals surface area contributed by atoms with Crippen LogP contribution in [0.15, 0.2) is 71.7 Å². The first-order valence-corrected chi connectivity index (χ1v) is 10.7. The quantitative estimate of drug-likeness (QED) is 0.451. The number of benzene rings is 2. The molecule has 0 fully saturated rings. The smallest absolute Gasteiger partial charge is 0.275 e. The van der Waals surface area contributed by atoms with Gasteiger partial charge in [-0.2, -0.15) is 0 Å². The SMILES string of the molecule is CCOc1ccc(CCNC(=O)CCCn2c(=O)c3cccn3c3ccccc32)cc1. The van der Waals surface area contributed by atoms with Crippen molar-refractivity contribution in [3.8, 4) is 5.75 Å². The third-order valence-corrected chi connectivity index (χ3v) is 5.40. The highest BCUT2D eigenvalue weighted by Crippen LogP contribution is 2.16. The van der Waals surface area contributed by atoms with E-state index in [9.17, 15) is 9.59 Å². The van der Waals surface area contributed by atoms with E-state index >= 15 is 0 Å². The number of hydrogen-bond donors (Lipinski definition) is 1. The molecule has 2 heterocycles. The van der Waals surface area contributed by atoms with Crippen molar-refractivity contribution in [2.24, 2.45) is 0 Å². The molecule has 0 saturated heterocycles. The molecule has 31 heavy (non-hydrogen) atoms. The van der Waals surface area contributed by atoms with Crippen LogP contribution < -0.4 is 15.6 Å². The molecule has 0 radical (unpaired) electrons. The summed E-state index contributed by atoms with van der Waals surface area (Å²) in [5.74, 6) is 0.864. The van der Waals surface area contributed by atoms with E-state index in [1.807, 2.05) is 78.2 Å². The molecule has 0 spiro atoms. The minimum Gasteiger partial charge on any atom is -0.494 e. The third kappa shape index (κ3) is 4.63. The molecule has 0 atom stereocenters. The second kappa shape index (κ2) is 9.51. The van der Waals surface area contributed by atoms with Gasteiger partial charge in [0.15, 0.2) is 0 Å². The van der Waals surface area contributed by atoms with E-state index in [0.717, 1.165) is 28.8 Å². The van der Waals surface area contributed by atoms with Gasteiger partial charge in [-0.15, -0.1) is 0 Å². The summed E-state index contributed by atoms with van der Waals surface area (Å²) in [5.41, 5.74) is 3.65. The van der Waals surface area contributed by atoms with Crippen LogP contribution in [0.2, 0.25) is 0 Å². The zero-order valence-corrected chi connectivity index (χ0v) is 17.7. The summed E-state index contributed by atoms with van der Waals surface area (Å²) < 4.78 is 9.14. The normalized spacial score (nSPS) is 11.1. The predicted octanol–water partition coefficient (Wildman–Crippen LogP) is 3.79. The largest absolute Gasteiger partial charge is 0.494 e. The molecule has 0 unspecified atom stereocenters. The highest BCUT2D eigenvalue weighted by atomic mass is 16.5. The molecule has 2 aromatic carbocycles. The van der Waals surface area contributed by atoms with Gasteiger partial charge in [0.05, 0.1) is 17.6 Å². The number of nitrogens with zero attached hydrogens (tertiary/aromatic N) is 2. The van der Waals surface area contributed by atoms with Gasteiger partial charge in [-0.05, 0) is 61.7 Å². The van der Waals surface area contributed by atoms with E-state index in [4.69, 9.17) is 4.74 Å². The maximum atomic E-state index is 12.9. The van der Waals surface area contributed by atoms with Crippen LogP contribution in [0.4, 0.5) is 0 Å². The van der Waals surface area contributed by atoms with Gasteiger partial charge >= 0.3 is 0 Å². The molecule has 0 aliphatic heterocycles. The molecule has 2 aromatic heterocycles. The molecular weight excluding hydrogens is 390 g/mol. The van der Waals surface area contributed by atoms with E-state index in [1.54, 1.807) is 4.57 Å². The molecular formula is C25H27N3O3. The highest BCUT2D eigenvalue weighted by molar-refractivity contribution is 5.79. The van der Waals surface area contributed by atoms with Gasteiger partial charge < -0.3 is 19.0 Å². The van der Waals surface area contributed by atoms with E-state index < -0.39 is 0 Å². The molecule has 4 rings (SSSR count). The molecule has 0 aliphatic carbocycles. The zero-order valence-electron chi connectivity index (χ0n) is 17.7. The Kier molecular flexibility index (Phi) is 6.36.